The first kappa shape index (κ1) is 28.5. The lowest BCUT2D eigenvalue weighted by molar-refractivity contribution is -0.113. The SMILES string of the molecule is Cc1cc(Br)cc(C)c1NC(=O)CSc1nnc([C@H](CC(C)C)NC(=O)c2ccc(Cl)cc2Cl)n1C. The van der Waals surface area contributed by atoms with Crippen LogP contribution in [0.2, 0.25) is 10.0 Å². The summed E-state index contributed by atoms with van der Waals surface area (Å²) in [7, 11) is 1.83. The minimum Gasteiger partial charge on any atom is -0.342 e. The second kappa shape index (κ2) is 12.4. The summed E-state index contributed by atoms with van der Waals surface area (Å²) in [6.07, 6.45) is 0.649. The van der Waals surface area contributed by atoms with Crippen LogP contribution in [0.15, 0.2) is 40.0 Å². The number of carbonyl (C=O) groups is 2. The summed E-state index contributed by atoms with van der Waals surface area (Å²) in [5, 5.41) is 15.9. The van der Waals surface area contributed by atoms with Crippen molar-refractivity contribution < 1.29 is 9.59 Å². The van der Waals surface area contributed by atoms with Crippen LogP contribution in [0.3, 0.4) is 0 Å². The van der Waals surface area contributed by atoms with Gasteiger partial charge in [-0.05, 0) is 67.6 Å². The molecule has 2 amide bonds. The fraction of sp³-hybridized carbons (Fsp3) is 0.360. The number of nitrogens with one attached hydrogen (secondary N) is 2. The summed E-state index contributed by atoms with van der Waals surface area (Å²) < 4.78 is 2.78. The van der Waals surface area contributed by atoms with Gasteiger partial charge in [-0.25, -0.2) is 0 Å². The van der Waals surface area contributed by atoms with Crippen molar-refractivity contribution in [2.75, 3.05) is 11.1 Å². The highest BCUT2D eigenvalue weighted by Crippen LogP contribution is 2.28. The zero-order valence-electron chi connectivity index (χ0n) is 20.7. The predicted molar refractivity (Wildman–Crippen MR) is 150 cm³/mol. The molecule has 0 bridgehead atoms. The van der Waals surface area contributed by atoms with Gasteiger partial charge in [-0.3, -0.25) is 9.59 Å². The number of anilines is 1. The van der Waals surface area contributed by atoms with E-state index in [1.165, 1.54) is 17.8 Å². The van der Waals surface area contributed by atoms with E-state index in [1.54, 1.807) is 12.1 Å². The van der Waals surface area contributed by atoms with Crippen molar-refractivity contribution in [1.29, 1.82) is 0 Å². The Bertz CT molecular complexity index is 1260. The highest BCUT2D eigenvalue weighted by Gasteiger charge is 2.24. The van der Waals surface area contributed by atoms with Crippen molar-refractivity contribution >= 4 is 68.4 Å². The fourth-order valence-corrected chi connectivity index (χ4v) is 5.68. The largest absolute Gasteiger partial charge is 0.342 e. The van der Waals surface area contributed by atoms with Crippen LogP contribution in [-0.4, -0.2) is 32.3 Å². The molecule has 11 heteroatoms. The van der Waals surface area contributed by atoms with E-state index in [4.69, 9.17) is 23.2 Å². The molecule has 0 fully saturated rings. The summed E-state index contributed by atoms with van der Waals surface area (Å²) in [5.41, 5.74) is 3.10. The normalized spacial score (nSPS) is 12.0. The van der Waals surface area contributed by atoms with Gasteiger partial charge in [0.15, 0.2) is 11.0 Å². The van der Waals surface area contributed by atoms with Gasteiger partial charge in [0, 0.05) is 22.2 Å². The maximum atomic E-state index is 13.0. The number of halogens is 3. The molecule has 3 rings (SSSR count). The molecule has 0 spiro atoms. The molecular weight excluding hydrogens is 585 g/mol. The van der Waals surface area contributed by atoms with E-state index in [1.807, 2.05) is 37.6 Å². The van der Waals surface area contributed by atoms with Gasteiger partial charge in [-0.2, -0.15) is 0 Å². The average Bonchev–Trinajstić information content (AvgIpc) is 3.14. The predicted octanol–water partition coefficient (Wildman–Crippen LogP) is 6.75. The molecule has 0 radical (unpaired) electrons. The molecule has 2 N–H and O–H groups in total. The van der Waals surface area contributed by atoms with E-state index < -0.39 is 6.04 Å². The smallest absolute Gasteiger partial charge is 0.253 e. The zero-order chi connectivity index (χ0) is 26.6. The van der Waals surface area contributed by atoms with Crippen LogP contribution < -0.4 is 10.6 Å². The Hall–Kier alpha value is -2.07. The lowest BCUT2D eigenvalue weighted by atomic mass is 10.0. The first-order chi connectivity index (χ1) is 17.0. The lowest BCUT2D eigenvalue weighted by Crippen LogP contribution is -2.31. The van der Waals surface area contributed by atoms with Crippen LogP contribution in [0.1, 0.15) is 53.6 Å². The number of rotatable bonds is 9. The van der Waals surface area contributed by atoms with E-state index in [0.29, 0.717) is 28.0 Å². The highest BCUT2D eigenvalue weighted by atomic mass is 79.9. The van der Waals surface area contributed by atoms with Crippen LogP contribution in [0.25, 0.3) is 0 Å². The number of nitrogens with zero attached hydrogens (tertiary/aromatic N) is 3. The van der Waals surface area contributed by atoms with Crippen molar-refractivity contribution in [3.05, 3.63) is 67.4 Å². The van der Waals surface area contributed by atoms with Crippen molar-refractivity contribution in [3.8, 4) is 0 Å². The number of benzene rings is 2. The number of carbonyl (C=O) groups excluding carboxylic acids is 2. The molecule has 1 aromatic heterocycles. The van der Waals surface area contributed by atoms with Crippen LogP contribution >= 0.6 is 50.9 Å². The maximum absolute atomic E-state index is 13.0. The molecule has 0 saturated carbocycles. The number of thioether (sulfide) groups is 1. The quantitative estimate of drug-likeness (QED) is 0.261. The van der Waals surface area contributed by atoms with E-state index >= 15 is 0 Å². The van der Waals surface area contributed by atoms with Gasteiger partial charge in [0.25, 0.3) is 5.91 Å². The molecule has 1 heterocycles. The molecule has 0 aliphatic heterocycles. The van der Waals surface area contributed by atoms with Gasteiger partial charge in [0.2, 0.25) is 5.91 Å². The molecule has 1 atom stereocenters. The summed E-state index contributed by atoms with van der Waals surface area (Å²) in [6.45, 7) is 8.04. The third kappa shape index (κ3) is 7.25. The van der Waals surface area contributed by atoms with E-state index in [-0.39, 0.29) is 28.5 Å². The summed E-state index contributed by atoms with van der Waals surface area (Å²) in [4.78, 5) is 25.6. The minimum absolute atomic E-state index is 0.137. The minimum atomic E-state index is -0.391. The van der Waals surface area contributed by atoms with E-state index in [9.17, 15) is 9.59 Å². The lowest BCUT2D eigenvalue weighted by Gasteiger charge is -2.20. The highest BCUT2D eigenvalue weighted by molar-refractivity contribution is 9.10. The Balaban J connectivity index is 1.72. The van der Waals surface area contributed by atoms with Crippen molar-refractivity contribution in [3.63, 3.8) is 0 Å². The van der Waals surface area contributed by atoms with Crippen molar-refractivity contribution in [1.82, 2.24) is 20.1 Å². The number of hydrogen-bond donors (Lipinski definition) is 2. The molecule has 3 aromatic rings. The summed E-state index contributed by atoms with van der Waals surface area (Å²) in [5.74, 6) is 0.598. The molecule has 0 aliphatic rings. The third-order valence-electron chi connectivity index (χ3n) is 5.46. The van der Waals surface area contributed by atoms with Gasteiger partial charge in [-0.15, -0.1) is 10.2 Å². The first-order valence-electron chi connectivity index (χ1n) is 11.3. The summed E-state index contributed by atoms with van der Waals surface area (Å²) in [6, 6.07) is 8.29. The van der Waals surface area contributed by atoms with Crippen LogP contribution in [0, 0.1) is 19.8 Å². The van der Waals surface area contributed by atoms with Gasteiger partial charge in [0.05, 0.1) is 22.4 Å². The van der Waals surface area contributed by atoms with Crippen LogP contribution in [0.5, 0.6) is 0 Å². The maximum Gasteiger partial charge on any atom is 0.253 e. The van der Waals surface area contributed by atoms with Gasteiger partial charge < -0.3 is 15.2 Å². The Morgan fingerprint density at radius 3 is 2.39 bits per heavy atom. The molecule has 36 heavy (non-hydrogen) atoms. The first-order valence-corrected chi connectivity index (χ1v) is 13.8. The van der Waals surface area contributed by atoms with Gasteiger partial charge in [-0.1, -0.05) is 64.7 Å². The fourth-order valence-electron chi connectivity index (χ4n) is 3.78. The Morgan fingerprint density at radius 1 is 1.11 bits per heavy atom. The zero-order valence-corrected chi connectivity index (χ0v) is 24.6. The topological polar surface area (TPSA) is 88.9 Å². The number of aromatic nitrogens is 3. The molecule has 192 valence electrons. The number of aryl methyl sites for hydroxylation is 2. The number of amides is 2. The van der Waals surface area contributed by atoms with Gasteiger partial charge >= 0.3 is 0 Å². The summed E-state index contributed by atoms with van der Waals surface area (Å²) >= 11 is 17.0. The second-order valence-electron chi connectivity index (χ2n) is 8.93. The van der Waals surface area contributed by atoms with Crippen molar-refractivity contribution in [2.45, 2.75) is 45.3 Å². The van der Waals surface area contributed by atoms with Crippen LogP contribution in [0.4, 0.5) is 5.69 Å². The molecule has 0 saturated heterocycles. The monoisotopic (exact) mass is 611 g/mol. The molecule has 0 unspecified atom stereocenters. The molecular formula is C25H28BrCl2N5O2S. The standard InChI is InChI=1S/C25H28BrCl2N5O2S/c1-13(2)8-20(29-24(35)18-7-6-17(27)11-19(18)28)23-31-32-25(33(23)5)36-12-21(34)30-22-14(3)9-16(26)10-15(22)4/h6-7,9-11,13,20H,8,12H2,1-5H3,(H,29,35)(H,30,34)/t20-/m0/s1. The molecule has 2 aromatic carbocycles. The molecule has 7 nitrogen and oxygen atoms in total. The van der Waals surface area contributed by atoms with E-state index in [0.717, 1.165) is 21.3 Å². The van der Waals surface area contributed by atoms with Crippen LogP contribution in [-0.2, 0) is 11.8 Å². The van der Waals surface area contributed by atoms with E-state index in [2.05, 4.69) is 50.6 Å². The Labute approximate surface area is 233 Å². The average molecular weight is 613 g/mol. The Kier molecular flexibility index (Phi) is 9.86. The third-order valence-corrected chi connectivity index (χ3v) is 7.49. The Morgan fingerprint density at radius 2 is 1.78 bits per heavy atom. The second-order valence-corrected chi connectivity index (χ2v) is 11.6. The van der Waals surface area contributed by atoms with Gasteiger partial charge in [0.1, 0.15) is 0 Å². The molecule has 0 aliphatic carbocycles. The number of hydrogen-bond acceptors (Lipinski definition) is 5. The van der Waals surface area contributed by atoms with Crippen molar-refractivity contribution in [2.24, 2.45) is 13.0 Å².